The minimum atomic E-state index is -1.09. The van der Waals surface area contributed by atoms with Gasteiger partial charge in [-0.2, -0.15) is 4.80 Å². The Morgan fingerprint density at radius 1 is 1.13 bits per heavy atom. The number of rotatable bonds is 5. The fourth-order valence-corrected chi connectivity index (χ4v) is 5.60. The SMILES string of the molecule is COc1cc2c(cc1-c1nnn(C)n1)-c1c(-c3ccc(F)cc3)nc(C(=O)N3CCC[C@]3(C)C(N)=O)n1CC2. The minimum Gasteiger partial charge on any atom is -0.496 e. The topological polar surface area (TPSA) is 134 Å². The van der Waals surface area contributed by atoms with E-state index in [-0.39, 0.29) is 17.5 Å². The van der Waals surface area contributed by atoms with E-state index in [1.54, 1.807) is 33.2 Å². The van der Waals surface area contributed by atoms with Crippen LogP contribution in [0.1, 0.15) is 35.9 Å². The van der Waals surface area contributed by atoms with Gasteiger partial charge in [-0.1, -0.05) is 0 Å². The number of aryl methyl sites for hydroxylation is 2. The third-order valence-corrected chi connectivity index (χ3v) is 7.73. The fourth-order valence-electron chi connectivity index (χ4n) is 5.60. The molecule has 2 aromatic carbocycles. The largest absolute Gasteiger partial charge is 0.496 e. The van der Waals surface area contributed by atoms with Gasteiger partial charge in [-0.3, -0.25) is 9.59 Å². The number of primary amides is 1. The molecule has 4 aromatic rings. The van der Waals surface area contributed by atoms with E-state index < -0.39 is 11.4 Å². The third kappa shape index (κ3) is 3.85. The van der Waals surface area contributed by atoms with Gasteiger partial charge < -0.3 is 19.9 Å². The summed E-state index contributed by atoms with van der Waals surface area (Å²) in [6, 6.07) is 9.86. The number of tetrazole rings is 1. The molecule has 2 aliphatic heterocycles. The molecule has 0 saturated carbocycles. The second-order valence-corrected chi connectivity index (χ2v) is 10.1. The molecule has 11 nitrogen and oxygen atoms in total. The molecule has 0 aliphatic carbocycles. The Balaban J connectivity index is 1.57. The number of halogens is 1. The van der Waals surface area contributed by atoms with Crippen LogP contribution in [0.25, 0.3) is 33.9 Å². The number of fused-ring (bicyclic) bond motifs is 3. The number of benzene rings is 2. The molecule has 39 heavy (non-hydrogen) atoms. The minimum absolute atomic E-state index is 0.208. The van der Waals surface area contributed by atoms with E-state index in [0.29, 0.717) is 66.4 Å². The van der Waals surface area contributed by atoms with E-state index in [9.17, 15) is 14.0 Å². The lowest BCUT2D eigenvalue weighted by Gasteiger charge is -2.32. The maximum Gasteiger partial charge on any atom is 0.290 e. The molecule has 2 aromatic heterocycles. The maximum absolute atomic E-state index is 14.0. The monoisotopic (exact) mass is 530 g/mol. The van der Waals surface area contributed by atoms with Crippen LogP contribution in [0.3, 0.4) is 0 Å². The number of likely N-dealkylation sites (tertiary alicyclic amines) is 1. The average Bonchev–Trinajstić information content (AvgIpc) is 3.65. The van der Waals surface area contributed by atoms with Gasteiger partial charge in [-0.05, 0) is 73.4 Å². The summed E-state index contributed by atoms with van der Waals surface area (Å²) >= 11 is 0. The van der Waals surface area contributed by atoms with Crippen molar-refractivity contribution < 1.29 is 18.7 Å². The molecule has 2 N–H and O–H groups in total. The highest BCUT2D eigenvalue weighted by atomic mass is 19.1. The van der Waals surface area contributed by atoms with Crippen LogP contribution in [0, 0.1) is 5.82 Å². The molecular weight excluding hydrogens is 503 g/mol. The zero-order valence-corrected chi connectivity index (χ0v) is 21.8. The number of hydrogen-bond donors (Lipinski definition) is 1. The van der Waals surface area contributed by atoms with Gasteiger partial charge in [0.05, 0.1) is 31.1 Å². The first-order chi connectivity index (χ1) is 18.7. The summed E-state index contributed by atoms with van der Waals surface area (Å²) < 4.78 is 21.4. The van der Waals surface area contributed by atoms with Crippen molar-refractivity contribution in [2.24, 2.45) is 12.8 Å². The highest BCUT2D eigenvalue weighted by Crippen LogP contribution is 2.43. The third-order valence-electron chi connectivity index (χ3n) is 7.73. The number of carbonyl (C=O) groups excluding carboxylic acids is 2. The van der Waals surface area contributed by atoms with Crippen LogP contribution in [0.4, 0.5) is 4.39 Å². The van der Waals surface area contributed by atoms with Crippen molar-refractivity contribution in [2.75, 3.05) is 13.7 Å². The molecule has 200 valence electrons. The zero-order valence-electron chi connectivity index (χ0n) is 21.8. The Kier molecular flexibility index (Phi) is 5.70. The molecule has 2 aliphatic rings. The predicted octanol–water partition coefficient (Wildman–Crippen LogP) is 2.59. The smallest absolute Gasteiger partial charge is 0.290 e. The van der Waals surface area contributed by atoms with Crippen molar-refractivity contribution in [2.45, 2.75) is 38.3 Å². The lowest BCUT2D eigenvalue weighted by atomic mass is 9.92. The van der Waals surface area contributed by atoms with Crippen LogP contribution >= 0.6 is 0 Å². The van der Waals surface area contributed by atoms with Crippen LogP contribution in [-0.4, -0.2) is 65.7 Å². The number of nitrogens with zero attached hydrogens (tertiary/aromatic N) is 7. The number of ether oxygens (including phenoxy) is 1. The summed E-state index contributed by atoms with van der Waals surface area (Å²) in [5, 5.41) is 12.5. The van der Waals surface area contributed by atoms with Gasteiger partial charge in [0.1, 0.15) is 17.1 Å². The first kappa shape index (κ1) is 24.7. The number of aromatic nitrogens is 6. The van der Waals surface area contributed by atoms with Gasteiger partial charge in [0, 0.05) is 24.2 Å². The van der Waals surface area contributed by atoms with Crippen molar-refractivity contribution in [3.63, 3.8) is 0 Å². The molecule has 0 spiro atoms. The van der Waals surface area contributed by atoms with Crippen LogP contribution in [0.5, 0.6) is 5.75 Å². The molecule has 4 heterocycles. The molecule has 0 bridgehead atoms. The van der Waals surface area contributed by atoms with Gasteiger partial charge in [-0.15, -0.1) is 10.2 Å². The predicted molar refractivity (Wildman–Crippen MR) is 139 cm³/mol. The summed E-state index contributed by atoms with van der Waals surface area (Å²) in [7, 11) is 3.26. The molecule has 2 amide bonds. The van der Waals surface area contributed by atoms with Crippen LogP contribution in [-0.2, 0) is 24.8 Å². The molecular formula is C27H27FN8O3. The van der Waals surface area contributed by atoms with Crippen LogP contribution < -0.4 is 10.5 Å². The second-order valence-electron chi connectivity index (χ2n) is 10.1. The summed E-state index contributed by atoms with van der Waals surface area (Å²) in [5.41, 5.74) is 8.99. The van der Waals surface area contributed by atoms with Crippen molar-refractivity contribution in [3.05, 3.63) is 53.6 Å². The summed E-state index contributed by atoms with van der Waals surface area (Å²) in [4.78, 5) is 34.0. The van der Waals surface area contributed by atoms with Crippen molar-refractivity contribution in [1.29, 1.82) is 0 Å². The fraction of sp³-hybridized carbons (Fsp3) is 0.333. The lowest BCUT2D eigenvalue weighted by molar-refractivity contribution is -0.126. The molecule has 0 unspecified atom stereocenters. The Bertz CT molecular complexity index is 1630. The average molecular weight is 531 g/mol. The van der Waals surface area contributed by atoms with Gasteiger partial charge in [0.15, 0.2) is 5.82 Å². The lowest BCUT2D eigenvalue weighted by Crippen LogP contribution is -2.54. The van der Waals surface area contributed by atoms with Crippen molar-refractivity contribution in [3.8, 4) is 39.7 Å². The number of carbonyl (C=O) groups is 2. The zero-order chi connectivity index (χ0) is 27.5. The highest BCUT2D eigenvalue weighted by molar-refractivity contribution is 5.99. The molecule has 12 heteroatoms. The van der Waals surface area contributed by atoms with E-state index in [1.807, 2.05) is 16.7 Å². The number of hydrogen-bond acceptors (Lipinski definition) is 7. The first-order valence-corrected chi connectivity index (χ1v) is 12.6. The normalized spacial score (nSPS) is 18.1. The number of imidazole rings is 1. The summed E-state index contributed by atoms with van der Waals surface area (Å²) in [6.45, 7) is 2.58. The Labute approximate surface area is 223 Å². The van der Waals surface area contributed by atoms with Crippen molar-refractivity contribution >= 4 is 11.8 Å². The molecule has 1 atom stereocenters. The first-order valence-electron chi connectivity index (χ1n) is 12.6. The number of methoxy groups -OCH3 is 1. The van der Waals surface area contributed by atoms with Gasteiger partial charge in [0.25, 0.3) is 5.91 Å². The van der Waals surface area contributed by atoms with Crippen molar-refractivity contribution in [1.82, 2.24) is 34.7 Å². The molecule has 6 rings (SSSR count). The highest BCUT2D eigenvalue weighted by Gasteiger charge is 2.46. The summed E-state index contributed by atoms with van der Waals surface area (Å²) in [5.74, 6) is -0.0865. The molecule has 1 fully saturated rings. The standard InChI is InChI=1S/C27H27FN8O3/c1-27(26(29)38)10-4-11-36(27)25(37)24-30-21(15-5-7-17(28)8-6-15)22-18-14-19(23-31-33-34(2)32-23)20(39-3)13-16(18)9-12-35(22)24/h5-8,13-14H,4,9-12H2,1-3H3,(H2,29,38)/t27-/m1/s1. The van der Waals surface area contributed by atoms with Gasteiger partial charge in [-0.25, -0.2) is 9.37 Å². The maximum atomic E-state index is 14.0. The van der Waals surface area contributed by atoms with E-state index in [0.717, 1.165) is 11.1 Å². The van der Waals surface area contributed by atoms with Crippen LogP contribution in [0.15, 0.2) is 36.4 Å². The molecule has 0 radical (unpaired) electrons. The second kappa shape index (κ2) is 9.00. The van der Waals surface area contributed by atoms with Crippen LogP contribution in [0.2, 0.25) is 0 Å². The number of nitrogens with two attached hydrogens (primary N) is 1. The summed E-state index contributed by atoms with van der Waals surface area (Å²) in [6.07, 6.45) is 1.77. The number of amides is 2. The Hall–Kier alpha value is -4.61. The quantitative estimate of drug-likeness (QED) is 0.419. The van der Waals surface area contributed by atoms with Gasteiger partial charge in [0.2, 0.25) is 11.7 Å². The van der Waals surface area contributed by atoms with E-state index in [2.05, 4.69) is 15.4 Å². The van der Waals surface area contributed by atoms with E-state index in [1.165, 1.54) is 21.8 Å². The molecule has 1 saturated heterocycles. The Morgan fingerprint density at radius 3 is 2.56 bits per heavy atom. The van der Waals surface area contributed by atoms with Gasteiger partial charge >= 0.3 is 0 Å². The van der Waals surface area contributed by atoms with E-state index in [4.69, 9.17) is 15.5 Å². The Morgan fingerprint density at radius 2 is 1.90 bits per heavy atom. The van der Waals surface area contributed by atoms with E-state index >= 15 is 0 Å².